The Morgan fingerprint density at radius 3 is 2.68 bits per heavy atom. The molecule has 0 spiro atoms. The predicted molar refractivity (Wildman–Crippen MR) is 103 cm³/mol. The number of thioether (sulfide) groups is 1. The van der Waals surface area contributed by atoms with Gasteiger partial charge in [0, 0.05) is 29.0 Å². The average Bonchev–Trinajstić information content (AvgIpc) is 3.07. The molecule has 1 aromatic heterocycles. The number of amides is 1. The van der Waals surface area contributed by atoms with Gasteiger partial charge >= 0.3 is 0 Å². The van der Waals surface area contributed by atoms with E-state index in [1.165, 1.54) is 24.3 Å². The van der Waals surface area contributed by atoms with Crippen molar-refractivity contribution in [3.8, 4) is 5.75 Å². The van der Waals surface area contributed by atoms with Crippen molar-refractivity contribution in [1.29, 1.82) is 0 Å². The van der Waals surface area contributed by atoms with E-state index in [1.54, 1.807) is 7.11 Å². The minimum atomic E-state index is -0.0223. The Balaban J connectivity index is 1.38. The number of benzene rings is 1. The minimum absolute atomic E-state index is 0.0223. The molecule has 5 nitrogen and oxygen atoms in total. The Labute approximate surface area is 152 Å². The van der Waals surface area contributed by atoms with Gasteiger partial charge in [0.1, 0.15) is 11.4 Å². The van der Waals surface area contributed by atoms with E-state index in [0.717, 1.165) is 29.5 Å². The number of carbonyl (C=O) groups excluding carboxylic acids is 1. The largest absolute Gasteiger partial charge is 0.497 e. The molecule has 1 aromatic carbocycles. The van der Waals surface area contributed by atoms with Gasteiger partial charge in [-0.05, 0) is 61.5 Å². The monoisotopic (exact) mass is 359 g/mol. The summed E-state index contributed by atoms with van der Waals surface area (Å²) < 4.78 is 5.25. The Hall–Kier alpha value is -1.66. The summed E-state index contributed by atoms with van der Waals surface area (Å²) in [5, 5.41) is 7.93. The molecule has 4 rings (SSSR count). The number of methoxy groups -OCH3 is 1. The standard InChI is InChI=1S/C19H25N3O2S/c1-24-14-2-3-15-12(10-14)11-18(21-15)19(23)22-17-5-4-16(17)20-13-6-8-25-9-7-13/h2-3,10-11,13,16-17,20-21H,4-9H2,1H3,(H,22,23)/t16-,17+/m1/s1. The quantitative estimate of drug-likeness (QED) is 0.768. The molecule has 0 radical (unpaired) electrons. The first-order chi connectivity index (χ1) is 12.2. The topological polar surface area (TPSA) is 66.2 Å². The van der Waals surface area contributed by atoms with Crippen LogP contribution in [0.5, 0.6) is 5.75 Å². The molecule has 1 aliphatic heterocycles. The number of fused-ring (bicyclic) bond motifs is 1. The van der Waals surface area contributed by atoms with Crippen molar-refractivity contribution in [1.82, 2.24) is 15.6 Å². The molecule has 6 heteroatoms. The van der Waals surface area contributed by atoms with Crippen LogP contribution < -0.4 is 15.4 Å². The van der Waals surface area contributed by atoms with Gasteiger partial charge in [-0.3, -0.25) is 4.79 Å². The first-order valence-corrected chi connectivity index (χ1v) is 10.2. The summed E-state index contributed by atoms with van der Waals surface area (Å²) in [5.74, 6) is 3.28. The van der Waals surface area contributed by atoms with Gasteiger partial charge in [0.2, 0.25) is 0 Å². The van der Waals surface area contributed by atoms with Crippen molar-refractivity contribution in [2.24, 2.45) is 0 Å². The van der Waals surface area contributed by atoms with Crippen molar-refractivity contribution < 1.29 is 9.53 Å². The predicted octanol–water partition coefficient (Wildman–Crippen LogP) is 2.92. The maximum absolute atomic E-state index is 12.6. The summed E-state index contributed by atoms with van der Waals surface area (Å²) in [6.45, 7) is 0. The van der Waals surface area contributed by atoms with Crippen LogP contribution in [0.4, 0.5) is 0 Å². The molecule has 1 amide bonds. The number of aromatic amines is 1. The smallest absolute Gasteiger partial charge is 0.268 e. The summed E-state index contributed by atoms with van der Waals surface area (Å²) in [5.41, 5.74) is 1.57. The molecule has 2 heterocycles. The number of nitrogens with one attached hydrogen (secondary N) is 3. The molecule has 134 valence electrons. The molecule has 2 aliphatic rings. The van der Waals surface area contributed by atoms with Crippen LogP contribution in [0.3, 0.4) is 0 Å². The van der Waals surface area contributed by atoms with Crippen molar-refractivity contribution in [2.45, 2.75) is 43.8 Å². The van der Waals surface area contributed by atoms with E-state index in [2.05, 4.69) is 15.6 Å². The van der Waals surface area contributed by atoms with Crippen LogP contribution in [0.15, 0.2) is 24.3 Å². The fourth-order valence-corrected chi connectivity index (χ4v) is 4.75. The molecule has 2 atom stereocenters. The SMILES string of the molecule is COc1ccc2[nH]c(C(=O)N[C@H]3CC[C@H]3NC3CCSCC3)cc2c1. The molecular weight excluding hydrogens is 334 g/mol. The number of hydrogen-bond donors (Lipinski definition) is 3. The molecule has 1 aliphatic carbocycles. The van der Waals surface area contributed by atoms with Crippen LogP contribution in [0, 0.1) is 0 Å². The lowest BCUT2D eigenvalue weighted by atomic mass is 9.85. The number of ether oxygens (including phenoxy) is 1. The Morgan fingerprint density at radius 2 is 1.96 bits per heavy atom. The zero-order valence-corrected chi connectivity index (χ0v) is 15.3. The van der Waals surface area contributed by atoms with Crippen LogP contribution in [0.1, 0.15) is 36.2 Å². The third-order valence-electron chi connectivity index (χ3n) is 5.33. The first-order valence-electron chi connectivity index (χ1n) is 9.04. The highest BCUT2D eigenvalue weighted by molar-refractivity contribution is 7.99. The lowest BCUT2D eigenvalue weighted by Gasteiger charge is -2.40. The molecular formula is C19H25N3O2S. The molecule has 3 N–H and O–H groups in total. The second-order valence-electron chi connectivity index (χ2n) is 6.95. The van der Waals surface area contributed by atoms with Gasteiger partial charge in [0.05, 0.1) is 7.11 Å². The molecule has 2 fully saturated rings. The lowest BCUT2D eigenvalue weighted by molar-refractivity contribution is 0.0884. The lowest BCUT2D eigenvalue weighted by Crippen LogP contribution is -2.59. The molecule has 1 saturated heterocycles. The van der Waals surface area contributed by atoms with Crippen molar-refractivity contribution in [2.75, 3.05) is 18.6 Å². The number of rotatable bonds is 5. The summed E-state index contributed by atoms with van der Waals surface area (Å²) in [4.78, 5) is 15.8. The summed E-state index contributed by atoms with van der Waals surface area (Å²) in [6, 6.07) is 8.95. The second kappa shape index (κ2) is 7.30. The Morgan fingerprint density at radius 1 is 1.16 bits per heavy atom. The van der Waals surface area contributed by atoms with Crippen LogP contribution >= 0.6 is 11.8 Å². The number of H-pyrrole nitrogens is 1. The zero-order chi connectivity index (χ0) is 17.2. The summed E-state index contributed by atoms with van der Waals surface area (Å²) >= 11 is 2.04. The Bertz CT molecular complexity index is 754. The van der Waals surface area contributed by atoms with E-state index in [9.17, 15) is 4.79 Å². The van der Waals surface area contributed by atoms with E-state index in [0.29, 0.717) is 17.8 Å². The highest BCUT2D eigenvalue weighted by Crippen LogP contribution is 2.25. The number of carbonyl (C=O) groups is 1. The minimum Gasteiger partial charge on any atom is -0.497 e. The van der Waals surface area contributed by atoms with Gasteiger partial charge < -0.3 is 20.4 Å². The van der Waals surface area contributed by atoms with Crippen LogP contribution in [0.2, 0.25) is 0 Å². The van der Waals surface area contributed by atoms with E-state index < -0.39 is 0 Å². The average molecular weight is 359 g/mol. The van der Waals surface area contributed by atoms with Crippen LogP contribution in [0.25, 0.3) is 10.9 Å². The second-order valence-corrected chi connectivity index (χ2v) is 8.18. The van der Waals surface area contributed by atoms with E-state index in [4.69, 9.17) is 4.74 Å². The molecule has 1 saturated carbocycles. The summed E-state index contributed by atoms with van der Waals surface area (Å²) in [7, 11) is 1.65. The number of hydrogen-bond acceptors (Lipinski definition) is 4. The highest BCUT2D eigenvalue weighted by atomic mass is 32.2. The Kier molecular flexibility index (Phi) is 4.90. The zero-order valence-electron chi connectivity index (χ0n) is 14.5. The van der Waals surface area contributed by atoms with Gasteiger partial charge in [-0.1, -0.05) is 0 Å². The van der Waals surface area contributed by atoms with Crippen molar-refractivity contribution >= 4 is 28.6 Å². The van der Waals surface area contributed by atoms with E-state index in [-0.39, 0.29) is 11.9 Å². The number of aromatic nitrogens is 1. The van der Waals surface area contributed by atoms with Gasteiger partial charge in [-0.15, -0.1) is 0 Å². The van der Waals surface area contributed by atoms with Gasteiger partial charge in [0.15, 0.2) is 0 Å². The van der Waals surface area contributed by atoms with E-state index in [1.807, 2.05) is 36.0 Å². The normalized spacial score (nSPS) is 24.0. The molecule has 0 unspecified atom stereocenters. The maximum atomic E-state index is 12.6. The highest BCUT2D eigenvalue weighted by Gasteiger charge is 2.34. The fraction of sp³-hybridized carbons (Fsp3) is 0.526. The first kappa shape index (κ1) is 16.8. The van der Waals surface area contributed by atoms with Crippen molar-refractivity contribution in [3.05, 3.63) is 30.0 Å². The summed E-state index contributed by atoms with van der Waals surface area (Å²) in [6.07, 6.45) is 4.69. The molecule has 2 aromatic rings. The van der Waals surface area contributed by atoms with Crippen molar-refractivity contribution in [3.63, 3.8) is 0 Å². The van der Waals surface area contributed by atoms with Gasteiger partial charge in [0.25, 0.3) is 5.91 Å². The van der Waals surface area contributed by atoms with Crippen LogP contribution in [-0.4, -0.2) is 47.6 Å². The fourth-order valence-electron chi connectivity index (χ4n) is 3.65. The van der Waals surface area contributed by atoms with E-state index >= 15 is 0 Å². The third-order valence-corrected chi connectivity index (χ3v) is 6.38. The maximum Gasteiger partial charge on any atom is 0.268 e. The van der Waals surface area contributed by atoms with Crippen LogP contribution in [-0.2, 0) is 0 Å². The molecule has 0 bridgehead atoms. The third kappa shape index (κ3) is 3.65. The van der Waals surface area contributed by atoms with Gasteiger partial charge in [-0.2, -0.15) is 11.8 Å². The van der Waals surface area contributed by atoms with Gasteiger partial charge in [-0.25, -0.2) is 0 Å². The molecule has 25 heavy (non-hydrogen) atoms.